The molecule has 0 saturated heterocycles. The standard InChI is InChI=1S/C11H16N2O4/c1-8-3-4-10(13(15)16)5-11(8)12-9(6-14)7-17-2/h3-5,9,12,14H,6-7H2,1-2H3. The zero-order chi connectivity index (χ0) is 12.8. The van der Waals surface area contributed by atoms with Crippen molar-refractivity contribution in [3.8, 4) is 0 Å². The molecule has 94 valence electrons. The number of hydrogen-bond acceptors (Lipinski definition) is 5. The van der Waals surface area contributed by atoms with Crippen LogP contribution < -0.4 is 5.32 Å². The van der Waals surface area contributed by atoms with Crippen molar-refractivity contribution >= 4 is 11.4 Å². The van der Waals surface area contributed by atoms with Gasteiger partial charge in [-0.2, -0.15) is 0 Å². The molecule has 6 nitrogen and oxygen atoms in total. The highest BCUT2D eigenvalue weighted by molar-refractivity contribution is 5.57. The van der Waals surface area contributed by atoms with Gasteiger partial charge >= 0.3 is 0 Å². The van der Waals surface area contributed by atoms with E-state index in [-0.39, 0.29) is 18.3 Å². The molecule has 1 aromatic rings. The summed E-state index contributed by atoms with van der Waals surface area (Å²) in [6.45, 7) is 2.07. The molecular formula is C11H16N2O4. The summed E-state index contributed by atoms with van der Waals surface area (Å²) in [6, 6.07) is 4.29. The van der Waals surface area contributed by atoms with Crippen LogP contribution in [0.1, 0.15) is 5.56 Å². The minimum Gasteiger partial charge on any atom is -0.394 e. The number of non-ortho nitro benzene ring substituents is 1. The Balaban J connectivity index is 2.88. The average molecular weight is 240 g/mol. The second-order valence-electron chi connectivity index (χ2n) is 3.74. The van der Waals surface area contributed by atoms with Gasteiger partial charge in [0.1, 0.15) is 0 Å². The van der Waals surface area contributed by atoms with E-state index in [0.29, 0.717) is 12.3 Å². The number of rotatable bonds is 6. The highest BCUT2D eigenvalue weighted by Gasteiger charge is 2.12. The van der Waals surface area contributed by atoms with E-state index in [1.54, 1.807) is 6.07 Å². The molecule has 0 aliphatic rings. The van der Waals surface area contributed by atoms with Gasteiger partial charge in [-0.15, -0.1) is 0 Å². The molecule has 0 aliphatic heterocycles. The summed E-state index contributed by atoms with van der Waals surface area (Å²) in [5.41, 5.74) is 1.53. The third-order valence-corrected chi connectivity index (χ3v) is 2.38. The van der Waals surface area contributed by atoms with Crippen LogP contribution in [0.15, 0.2) is 18.2 Å². The number of aliphatic hydroxyl groups excluding tert-OH is 1. The largest absolute Gasteiger partial charge is 0.394 e. The van der Waals surface area contributed by atoms with Crippen LogP contribution in [0.4, 0.5) is 11.4 Å². The number of nitrogens with zero attached hydrogens (tertiary/aromatic N) is 1. The Morgan fingerprint density at radius 3 is 2.82 bits per heavy atom. The maximum atomic E-state index is 10.6. The van der Waals surface area contributed by atoms with E-state index in [4.69, 9.17) is 9.84 Å². The number of aliphatic hydroxyl groups is 1. The first kappa shape index (κ1) is 13.4. The summed E-state index contributed by atoms with van der Waals surface area (Å²) in [6.07, 6.45) is 0. The van der Waals surface area contributed by atoms with Crippen molar-refractivity contribution in [2.75, 3.05) is 25.6 Å². The molecule has 1 rings (SSSR count). The molecule has 2 N–H and O–H groups in total. The minimum atomic E-state index is -0.450. The van der Waals surface area contributed by atoms with E-state index >= 15 is 0 Å². The number of benzene rings is 1. The summed E-state index contributed by atoms with van der Waals surface area (Å²) in [4.78, 5) is 10.2. The first-order valence-corrected chi connectivity index (χ1v) is 5.20. The predicted octanol–water partition coefficient (Wildman–Crippen LogP) is 1.32. The fraction of sp³-hybridized carbons (Fsp3) is 0.455. The van der Waals surface area contributed by atoms with Crippen molar-refractivity contribution < 1.29 is 14.8 Å². The van der Waals surface area contributed by atoms with Gasteiger partial charge in [0.25, 0.3) is 5.69 Å². The predicted molar refractivity (Wildman–Crippen MR) is 64.2 cm³/mol. The average Bonchev–Trinajstić information content (AvgIpc) is 2.30. The Morgan fingerprint density at radius 1 is 1.59 bits per heavy atom. The fourth-order valence-electron chi connectivity index (χ4n) is 1.44. The van der Waals surface area contributed by atoms with Gasteiger partial charge in [-0.1, -0.05) is 6.07 Å². The van der Waals surface area contributed by atoms with Crippen molar-refractivity contribution in [2.24, 2.45) is 0 Å². The maximum absolute atomic E-state index is 10.6. The van der Waals surface area contributed by atoms with Gasteiger partial charge in [0.15, 0.2) is 0 Å². The SMILES string of the molecule is COCC(CO)Nc1cc([N+](=O)[O-])ccc1C. The first-order chi connectivity index (χ1) is 8.08. The second kappa shape index (κ2) is 6.17. The third kappa shape index (κ3) is 3.69. The van der Waals surface area contributed by atoms with Gasteiger partial charge in [-0.25, -0.2) is 0 Å². The molecule has 0 amide bonds. The molecule has 0 saturated carbocycles. The lowest BCUT2D eigenvalue weighted by atomic mass is 10.1. The van der Waals surface area contributed by atoms with E-state index in [0.717, 1.165) is 5.56 Å². The molecular weight excluding hydrogens is 224 g/mol. The van der Waals surface area contributed by atoms with Crippen molar-refractivity contribution in [3.63, 3.8) is 0 Å². The molecule has 0 radical (unpaired) electrons. The number of anilines is 1. The number of nitro groups is 1. The molecule has 1 unspecified atom stereocenters. The quantitative estimate of drug-likeness (QED) is 0.578. The lowest BCUT2D eigenvalue weighted by Crippen LogP contribution is -2.29. The number of hydrogen-bond donors (Lipinski definition) is 2. The van der Waals surface area contributed by atoms with Gasteiger partial charge in [-0.05, 0) is 12.5 Å². The van der Waals surface area contributed by atoms with Gasteiger partial charge in [0.2, 0.25) is 0 Å². The number of aryl methyl sites for hydroxylation is 1. The second-order valence-corrected chi connectivity index (χ2v) is 3.74. The van der Waals surface area contributed by atoms with Crippen LogP contribution in [-0.4, -0.2) is 36.4 Å². The molecule has 0 aromatic heterocycles. The zero-order valence-corrected chi connectivity index (χ0v) is 9.84. The van der Waals surface area contributed by atoms with Gasteiger partial charge in [-0.3, -0.25) is 10.1 Å². The van der Waals surface area contributed by atoms with E-state index in [1.807, 2.05) is 6.92 Å². The normalized spacial score (nSPS) is 12.2. The van der Waals surface area contributed by atoms with E-state index < -0.39 is 4.92 Å². The highest BCUT2D eigenvalue weighted by atomic mass is 16.6. The Kier molecular flexibility index (Phi) is 4.86. The van der Waals surface area contributed by atoms with Gasteiger partial charge < -0.3 is 15.2 Å². The number of nitrogens with one attached hydrogen (secondary N) is 1. The van der Waals surface area contributed by atoms with Crippen molar-refractivity contribution in [3.05, 3.63) is 33.9 Å². The maximum Gasteiger partial charge on any atom is 0.271 e. The Hall–Kier alpha value is -1.66. The third-order valence-electron chi connectivity index (χ3n) is 2.38. The lowest BCUT2D eigenvalue weighted by Gasteiger charge is -2.17. The Bertz CT molecular complexity index is 395. The zero-order valence-electron chi connectivity index (χ0n) is 9.84. The van der Waals surface area contributed by atoms with E-state index in [2.05, 4.69) is 5.32 Å². The topological polar surface area (TPSA) is 84.6 Å². The van der Waals surface area contributed by atoms with E-state index in [1.165, 1.54) is 19.2 Å². The van der Waals surface area contributed by atoms with Crippen LogP contribution in [0, 0.1) is 17.0 Å². The first-order valence-electron chi connectivity index (χ1n) is 5.20. The Labute approximate surface area is 99.4 Å². The van der Waals surface area contributed by atoms with Crippen LogP contribution >= 0.6 is 0 Å². The molecule has 0 fully saturated rings. The highest BCUT2D eigenvalue weighted by Crippen LogP contribution is 2.22. The molecule has 0 bridgehead atoms. The van der Waals surface area contributed by atoms with Crippen LogP contribution in [0.5, 0.6) is 0 Å². The van der Waals surface area contributed by atoms with Crippen LogP contribution in [0.3, 0.4) is 0 Å². The molecule has 0 spiro atoms. The summed E-state index contributed by atoms with van der Waals surface area (Å²) < 4.78 is 4.93. The number of nitro benzene ring substituents is 1. The summed E-state index contributed by atoms with van der Waals surface area (Å²) in [5, 5.41) is 22.8. The van der Waals surface area contributed by atoms with Crippen molar-refractivity contribution in [1.82, 2.24) is 0 Å². The van der Waals surface area contributed by atoms with Gasteiger partial charge in [0, 0.05) is 24.9 Å². The monoisotopic (exact) mass is 240 g/mol. The summed E-state index contributed by atoms with van der Waals surface area (Å²) >= 11 is 0. The van der Waals surface area contributed by atoms with Gasteiger partial charge in [0.05, 0.1) is 24.2 Å². The lowest BCUT2D eigenvalue weighted by molar-refractivity contribution is -0.384. The number of methoxy groups -OCH3 is 1. The summed E-state index contributed by atoms with van der Waals surface area (Å²) in [5.74, 6) is 0. The molecule has 1 aromatic carbocycles. The van der Waals surface area contributed by atoms with Crippen LogP contribution in [0.25, 0.3) is 0 Å². The van der Waals surface area contributed by atoms with Crippen LogP contribution in [0.2, 0.25) is 0 Å². The molecule has 17 heavy (non-hydrogen) atoms. The number of ether oxygens (including phenoxy) is 1. The molecule has 6 heteroatoms. The fourth-order valence-corrected chi connectivity index (χ4v) is 1.44. The summed E-state index contributed by atoms with van der Waals surface area (Å²) in [7, 11) is 1.53. The van der Waals surface area contributed by atoms with Crippen molar-refractivity contribution in [1.29, 1.82) is 0 Å². The van der Waals surface area contributed by atoms with Crippen LogP contribution in [-0.2, 0) is 4.74 Å². The Morgan fingerprint density at radius 2 is 2.29 bits per heavy atom. The molecule has 0 heterocycles. The minimum absolute atomic E-state index is 0.0206. The van der Waals surface area contributed by atoms with Crippen molar-refractivity contribution in [2.45, 2.75) is 13.0 Å². The van der Waals surface area contributed by atoms with E-state index in [9.17, 15) is 10.1 Å². The molecule has 0 aliphatic carbocycles. The molecule has 1 atom stereocenters. The smallest absolute Gasteiger partial charge is 0.271 e.